The second-order valence-electron chi connectivity index (χ2n) is 3.74. The summed E-state index contributed by atoms with van der Waals surface area (Å²) < 4.78 is 1.74. The van der Waals surface area contributed by atoms with E-state index in [1.807, 2.05) is 12.3 Å². The summed E-state index contributed by atoms with van der Waals surface area (Å²) in [5.74, 6) is 3.23. The molecule has 4 heteroatoms. The van der Waals surface area contributed by atoms with Gasteiger partial charge in [0.05, 0.1) is 17.3 Å². The Morgan fingerprint density at radius 1 is 1.62 bits per heavy atom. The molecule has 1 atom stereocenters. The zero-order chi connectivity index (χ0) is 11.5. The van der Waals surface area contributed by atoms with Crippen molar-refractivity contribution >= 4 is 11.5 Å². The number of rotatable bonds is 3. The summed E-state index contributed by atoms with van der Waals surface area (Å²) >= 11 is 0. The van der Waals surface area contributed by atoms with Crippen LogP contribution in [0.4, 0.5) is 5.95 Å². The van der Waals surface area contributed by atoms with E-state index in [9.17, 15) is 0 Å². The molecule has 82 valence electrons. The number of nitrogens with zero attached hydrogens (tertiary/aromatic N) is 3. The van der Waals surface area contributed by atoms with Crippen molar-refractivity contribution < 1.29 is 0 Å². The van der Waals surface area contributed by atoms with Crippen LogP contribution in [0.25, 0.3) is 5.52 Å². The molecule has 0 spiro atoms. The van der Waals surface area contributed by atoms with Crippen LogP contribution in [0.3, 0.4) is 0 Å². The SMILES string of the molecule is C#Cc1ccn2nc(N[C@@H](C)CC)ncc12. The molecule has 2 aromatic rings. The first-order valence-electron chi connectivity index (χ1n) is 5.32. The Labute approximate surface area is 94.7 Å². The van der Waals surface area contributed by atoms with Crippen LogP contribution in [-0.2, 0) is 0 Å². The van der Waals surface area contributed by atoms with E-state index in [1.165, 1.54) is 0 Å². The van der Waals surface area contributed by atoms with Gasteiger partial charge in [0.1, 0.15) is 0 Å². The van der Waals surface area contributed by atoms with Gasteiger partial charge in [-0.1, -0.05) is 12.8 Å². The summed E-state index contributed by atoms with van der Waals surface area (Å²) in [4.78, 5) is 4.24. The van der Waals surface area contributed by atoms with Gasteiger partial charge in [0.15, 0.2) is 0 Å². The lowest BCUT2D eigenvalue weighted by Gasteiger charge is -2.10. The van der Waals surface area contributed by atoms with Crippen LogP contribution >= 0.6 is 0 Å². The summed E-state index contributed by atoms with van der Waals surface area (Å²) in [5, 5.41) is 7.55. The highest BCUT2D eigenvalue weighted by Crippen LogP contribution is 2.11. The lowest BCUT2D eigenvalue weighted by molar-refractivity contribution is 0.742. The molecule has 0 bridgehead atoms. The van der Waals surface area contributed by atoms with Crippen molar-refractivity contribution in [1.29, 1.82) is 0 Å². The highest BCUT2D eigenvalue weighted by atomic mass is 15.3. The van der Waals surface area contributed by atoms with E-state index in [0.29, 0.717) is 12.0 Å². The lowest BCUT2D eigenvalue weighted by Crippen LogP contribution is -2.16. The van der Waals surface area contributed by atoms with Gasteiger partial charge in [-0.15, -0.1) is 11.5 Å². The van der Waals surface area contributed by atoms with Crippen molar-refractivity contribution in [2.45, 2.75) is 26.3 Å². The molecule has 0 aliphatic heterocycles. The zero-order valence-corrected chi connectivity index (χ0v) is 9.44. The van der Waals surface area contributed by atoms with Gasteiger partial charge in [-0.2, -0.15) is 0 Å². The molecule has 1 N–H and O–H groups in total. The second kappa shape index (κ2) is 4.23. The maximum atomic E-state index is 5.37. The van der Waals surface area contributed by atoms with E-state index in [-0.39, 0.29) is 0 Å². The highest BCUT2D eigenvalue weighted by molar-refractivity contribution is 5.61. The molecule has 0 saturated heterocycles. The average molecular weight is 214 g/mol. The summed E-state index contributed by atoms with van der Waals surface area (Å²) in [6.07, 6.45) is 9.98. The van der Waals surface area contributed by atoms with E-state index in [0.717, 1.165) is 17.5 Å². The third kappa shape index (κ3) is 1.84. The van der Waals surface area contributed by atoms with E-state index in [2.05, 4.69) is 35.2 Å². The van der Waals surface area contributed by atoms with E-state index < -0.39 is 0 Å². The molecule has 0 fully saturated rings. The van der Waals surface area contributed by atoms with Crippen LogP contribution in [0.2, 0.25) is 0 Å². The van der Waals surface area contributed by atoms with Crippen molar-refractivity contribution in [1.82, 2.24) is 14.6 Å². The van der Waals surface area contributed by atoms with Crippen LogP contribution in [0.5, 0.6) is 0 Å². The third-order valence-corrected chi connectivity index (χ3v) is 2.56. The maximum Gasteiger partial charge on any atom is 0.241 e. The standard InChI is InChI=1S/C12H14N4/c1-4-9(3)14-12-13-8-11-10(5-2)6-7-16(11)15-12/h2,6-9H,4H2,1,3H3,(H,14,15)/t9-/m0/s1. The Bertz CT molecular complexity index is 535. The molecule has 0 aliphatic carbocycles. The molecule has 0 unspecified atom stereocenters. The van der Waals surface area contributed by atoms with Gasteiger partial charge < -0.3 is 5.32 Å². The molecule has 2 heterocycles. The summed E-state index contributed by atoms with van der Waals surface area (Å²) in [6, 6.07) is 2.22. The molecule has 0 aromatic carbocycles. The summed E-state index contributed by atoms with van der Waals surface area (Å²) in [5.41, 5.74) is 1.67. The fourth-order valence-corrected chi connectivity index (χ4v) is 1.41. The zero-order valence-electron chi connectivity index (χ0n) is 9.44. The Kier molecular flexibility index (Phi) is 2.78. The fourth-order valence-electron chi connectivity index (χ4n) is 1.41. The number of anilines is 1. The smallest absolute Gasteiger partial charge is 0.241 e. The monoisotopic (exact) mass is 214 g/mol. The lowest BCUT2D eigenvalue weighted by atomic mass is 10.3. The molecule has 0 amide bonds. The number of aromatic nitrogens is 3. The van der Waals surface area contributed by atoms with E-state index in [4.69, 9.17) is 6.42 Å². The summed E-state index contributed by atoms with van der Waals surface area (Å²) in [7, 11) is 0. The van der Waals surface area contributed by atoms with Crippen LogP contribution in [0, 0.1) is 12.3 Å². The number of hydrogen-bond donors (Lipinski definition) is 1. The van der Waals surface area contributed by atoms with E-state index in [1.54, 1.807) is 10.7 Å². The van der Waals surface area contributed by atoms with Crippen LogP contribution in [0.15, 0.2) is 18.5 Å². The Balaban J connectivity index is 2.35. The van der Waals surface area contributed by atoms with Gasteiger partial charge in [0, 0.05) is 12.2 Å². The minimum atomic E-state index is 0.361. The Morgan fingerprint density at radius 2 is 2.44 bits per heavy atom. The summed E-state index contributed by atoms with van der Waals surface area (Å²) in [6.45, 7) is 4.21. The number of terminal acetylenes is 1. The minimum absolute atomic E-state index is 0.361. The molecule has 0 saturated carbocycles. The first-order valence-corrected chi connectivity index (χ1v) is 5.32. The van der Waals surface area contributed by atoms with Crippen molar-refractivity contribution in [2.75, 3.05) is 5.32 Å². The number of nitrogens with one attached hydrogen (secondary N) is 1. The highest BCUT2D eigenvalue weighted by Gasteiger charge is 2.05. The molecule has 16 heavy (non-hydrogen) atoms. The molecule has 0 radical (unpaired) electrons. The van der Waals surface area contributed by atoms with E-state index >= 15 is 0 Å². The topological polar surface area (TPSA) is 42.2 Å². The molecular formula is C12H14N4. The first-order chi connectivity index (χ1) is 7.74. The molecular weight excluding hydrogens is 200 g/mol. The molecule has 0 aliphatic rings. The second-order valence-corrected chi connectivity index (χ2v) is 3.74. The normalized spacial score (nSPS) is 12.3. The van der Waals surface area contributed by atoms with Gasteiger partial charge >= 0.3 is 0 Å². The molecule has 2 rings (SSSR count). The van der Waals surface area contributed by atoms with Crippen LogP contribution < -0.4 is 5.32 Å². The van der Waals surface area contributed by atoms with Gasteiger partial charge in [-0.05, 0) is 19.4 Å². The first kappa shape index (κ1) is 10.5. The maximum absolute atomic E-state index is 5.37. The van der Waals surface area contributed by atoms with Gasteiger partial charge in [-0.3, -0.25) is 0 Å². The van der Waals surface area contributed by atoms with Crippen LogP contribution in [0.1, 0.15) is 25.8 Å². The fraction of sp³-hybridized carbons (Fsp3) is 0.333. The predicted molar refractivity (Wildman–Crippen MR) is 64.3 cm³/mol. The number of fused-ring (bicyclic) bond motifs is 1. The Morgan fingerprint density at radius 3 is 3.12 bits per heavy atom. The van der Waals surface area contributed by atoms with Crippen LogP contribution in [-0.4, -0.2) is 20.6 Å². The van der Waals surface area contributed by atoms with Gasteiger partial charge in [-0.25, -0.2) is 9.50 Å². The Hall–Kier alpha value is -2.02. The predicted octanol–water partition coefficient (Wildman–Crippen LogP) is 1.92. The minimum Gasteiger partial charge on any atom is -0.351 e. The van der Waals surface area contributed by atoms with Crippen molar-refractivity contribution in [3.05, 3.63) is 24.0 Å². The van der Waals surface area contributed by atoms with Crippen molar-refractivity contribution in [3.63, 3.8) is 0 Å². The van der Waals surface area contributed by atoms with Gasteiger partial charge in [0.2, 0.25) is 5.95 Å². The third-order valence-electron chi connectivity index (χ3n) is 2.56. The van der Waals surface area contributed by atoms with Crippen molar-refractivity contribution in [2.24, 2.45) is 0 Å². The quantitative estimate of drug-likeness (QED) is 0.794. The molecule has 4 nitrogen and oxygen atoms in total. The van der Waals surface area contributed by atoms with Crippen molar-refractivity contribution in [3.8, 4) is 12.3 Å². The average Bonchev–Trinajstić information content (AvgIpc) is 2.71. The number of hydrogen-bond acceptors (Lipinski definition) is 3. The van der Waals surface area contributed by atoms with Gasteiger partial charge in [0.25, 0.3) is 0 Å². The largest absolute Gasteiger partial charge is 0.351 e. The molecule has 2 aromatic heterocycles.